The van der Waals surface area contributed by atoms with E-state index in [0.29, 0.717) is 32.1 Å². The number of esters is 2. The quantitative estimate of drug-likeness (QED) is 0.543. The van der Waals surface area contributed by atoms with E-state index >= 15 is 0 Å². The van der Waals surface area contributed by atoms with E-state index in [0.717, 1.165) is 5.56 Å². The number of hydrogen-bond acceptors (Lipinski definition) is 5. The molecule has 0 heterocycles. The first-order valence-corrected chi connectivity index (χ1v) is 9.19. The van der Waals surface area contributed by atoms with Gasteiger partial charge in [-0.25, -0.2) is 0 Å². The Morgan fingerprint density at radius 2 is 1.85 bits per heavy atom. The number of rotatable bonds is 7. The van der Waals surface area contributed by atoms with Crippen LogP contribution in [-0.4, -0.2) is 23.3 Å². The van der Waals surface area contributed by atoms with Crippen molar-refractivity contribution in [2.75, 3.05) is 0 Å². The van der Waals surface area contributed by atoms with Gasteiger partial charge in [-0.15, -0.1) is 0 Å². The summed E-state index contributed by atoms with van der Waals surface area (Å²) < 4.78 is 10.7. The molecular weight excluding hydrogens is 332 g/mol. The lowest BCUT2D eigenvalue weighted by Crippen LogP contribution is -2.37. The molecule has 142 valence electrons. The molecule has 1 atom stereocenters. The van der Waals surface area contributed by atoms with Crippen LogP contribution >= 0.6 is 0 Å². The summed E-state index contributed by atoms with van der Waals surface area (Å²) in [4.78, 5) is 37.0. The van der Waals surface area contributed by atoms with Crippen molar-refractivity contribution in [3.05, 3.63) is 35.9 Å². The summed E-state index contributed by atoms with van der Waals surface area (Å²) in [6, 6.07) is 9.39. The average Bonchev–Trinajstić information content (AvgIpc) is 2.94. The lowest BCUT2D eigenvalue weighted by Gasteiger charge is -2.25. The van der Waals surface area contributed by atoms with Gasteiger partial charge in [0.25, 0.3) is 0 Å². The molecule has 0 aliphatic heterocycles. The zero-order valence-corrected chi connectivity index (χ0v) is 15.9. The molecule has 26 heavy (non-hydrogen) atoms. The van der Waals surface area contributed by atoms with Crippen LogP contribution in [0.1, 0.15) is 64.9 Å². The van der Waals surface area contributed by atoms with Crippen molar-refractivity contribution in [3.8, 4) is 0 Å². The second-order valence-corrected chi connectivity index (χ2v) is 7.86. The second kappa shape index (κ2) is 8.47. The Kier molecular flexibility index (Phi) is 6.57. The van der Waals surface area contributed by atoms with E-state index in [1.807, 2.05) is 51.1 Å². The van der Waals surface area contributed by atoms with Gasteiger partial charge in [0.1, 0.15) is 23.4 Å². The zero-order valence-electron chi connectivity index (χ0n) is 15.9. The van der Waals surface area contributed by atoms with E-state index in [4.69, 9.17) is 9.47 Å². The number of ether oxygens (including phenoxy) is 2. The Balaban J connectivity index is 1.94. The first kappa shape index (κ1) is 20.1. The van der Waals surface area contributed by atoms with Crippen molar-refractivity contribution in [3.63, 3.8) is 0 Å². The highest BCUT2D eigenvalue weighted by atomic mass is 16.6. The molecule has 1 fully saturated rings. The lowest BCUT2D eigenvalue weighted by molar-refractivity contribution is -0.162. The molecule has 0 radical (unpaired) electrons. The summed E-state index contributed by atoms with van der Waals surface area (Å²) in [5.41, 5.74) is -0.751. The average molecular weight is 360 g/mol. The Labute approximate surface area is 155 Å². The van der Waals surface area contributed by atoms with Crippen LogP contribution in [0, 0.1) is 5.41 Å². The molecule has 1 aromatic rings. The second-order valence-electron chi connectivity index (χ2n) is 7.86. The van der Waals surface area contributed by atoms with E-state index in [1.165, 1.54) is 0 Å². The molecule has 1 aliphatic rings. The Bertz CT molecular complexity index is 644. The third-order valence-electron chi connectivity index (χ3n) is 4.55. The van der Waals surface area contributed by atoms with E-state index in [1.54, 1.807) is 0 Å². The minimum absolute atomic E-state index is 0.0697. The molecule has 5 heteroatoms. The van der Waals surface area contributed by atoms with Crippen LogP contribution in [0.15, 0.2) is 30.3 Å². The van der Waals surface area contributed by atoms with Crippen LogP contribution in [0.3, 0.4) is 0 Å². The van der Waals surface area contributed by atoms with Crippen molar-refractivity contribution in [1.82, 2.24) is 0 Å². The van der Waals surface area contributed by atoms with E-state index in [2.05, 4.69) is 0 Å². The fourth-order valence-corrected chi connectivity index (χ4v) is 3.30. The fraction of sp³-hybridized carbons (Fsp3) is 0.571. The number of benzene rings is 1. The van der Waals surface area contributed by atoms with Crippen molar-refractivity contribution < 1.29 is 23.9 Å². The van der Waals surface area contributed by atoms with Gasteiger partial charge in [-0.1, -0.05) is 30.3 Å². The highest BCUT2D eigenvalue weighted by Gasteiger charge is 2.49. The van der Waals surface area contributed by atoms with Crippen molar-refractivity contribution in [1.29, 1.82) is 0 Å². The third kappa shape index (κ3) is 5.41. The predicted octanol–water partition coefficient (Wildman–Crippen LogP) is 3.98. The van der Waals surface area contributed by atoms with E-state index < -0.39 is 17.0 Å². The number of ketones is 1. The summed E-state index contributed by atoms with van der Waals surface area (Å²) in [6.07, 6.45) is 2.53. The van der Waals surface area contributed by atoms with Crippen molar-refractivity contribution in [2.24, 2.45) is 5.41 Å². The molecule has 5 nitrogen and oxygen atoms in total. The van der Waals surface area contributed by atoms with Gasteiger partial charge in [-0.3, -0.25) is 14.4 Å². The Morgan fingerprint density at radius 1 is 1.15 bits per heavy atom. The van der Waals surface area contributed by atoms with Gasteiger partial charge in [-0.05, 0) is 52.0 Å². The van der Waals surface area contributed by atoms with Crippen molar-refractivity contribution in [2.45, 2.75) is 71.5 Å². The summed E-state index contributed by atoms with van der Waals surface area (Å²) in [5, 5.41) is 0. The molecule has 2 rings (SSSR count). The van der Waals surface area contributed by atoms with Gasteiger partial charge >= 0.3 is 11.9 Å². The van der Waals surface area contributed by atoms with Crippen LogP contribution in [0.2, 0.25) is 0 Å². The number of carbonyl (C=O) groups is 3. The van der Waals surface area contributed by atoms with Crippen LogP contribution in [0.5, 0.6) is 0 Å². The largest absolute Gasteiger partial charge is 0.460 e. The topological polar surface area (TPSA) is 69.7 Å². The molecule has 0 aromatic heterocycles. The standard InChI is InChI=1S/C21H28O5/c1-20(2,3)26-18(23)12-8-14-21(13-7-11-17(21)22)19(24)25-15-16-9-5-4-6-10-16/h4-6,9-10H,7-8,11-15H2,1-3H3. The van der Waals surface area contributed by atoms with Crippen LogP contribution in [-0.2, 0) is 30.5 Å². The highest BCUT2D eigenvalue weighted by molar-refractivity contribution is 6.05. The molecule has 0 N–H and O–H groups in total. The van der Waals surface area contributed by atoms with E-state index in [-0.39, 0.29) is 24.8 Å². The van der Waals surface area contributed by atoms with Crippen molar-refractivity contribution >= 4 is 17.7 Å². The Morgan fingerprint density at radius 3 is 2.42 bits per heavy atom. The summed E-state index contributed by atoms with van der Waals surface area (Å²) >= 11 is 0. The molecule has 0 spiro atoms. The van der Waals surface area contributed by atoms with E-state index in [9.17, 15) is 14.4 Å². The molecular formula is C21H28O5. The SMILES string of the molecule is CC(C)(C)OC(=O)CCCC1(C(=O)OCc2ccccc2)CCCC1=O. The smallest absolute Gasteiger partial charge is 0.319 e. The van der Waals surface area contributed by atoms with Gasteiger partial charge in [-0.2, -0.15) is 0 Å². The summed E-state index contributed by atoms with van der Waals surface area (Å²) in [7, 11) is 0. The van der Waals surface area contributed by atoms with Gasteiger partial charge in [0.2, 0.25) is 0 Å². The zero-order chi connectivity index (χ0) is 19.2. The fourth-order valence-electron chi connectivity index (χ4n) is 3.30. The maximum Gasteiger partial charge on any atom is 0.319 e. The monoisotopic (exact) mass is 360 g/mol. The first-order valence-electron chi connectivity index (χ1n) is 9.19. The van der Waals surface area contributed by atoms with Gasteiger partial charge in [0.05, 0.1) is 0 Å². The Hall–Kier alpha value is -2.17. The number of Topliss-reactive ketones (excluding diaryl/α,β-unsaturated/α-hetero) is 1. The molecule has 0 saturated heterocycles. The molecule has 1 aliphatic carbocycles. The molecule has 1 unspecified atom stereocenters. The van der Waals surface area contributed by atoms with Crippen LogP contribution in [0.25, 0.3) is 0 Å². The van der Waals surface area contributed by atoms with Gasteiger partial charge < -0.3 is 9.47 Å². The van der Waals surface area contributed by atoms with Gasteiger partial charge in [0.15, 0.2) is 0 Å². The predicted molar refractivity (Wildman–Crippen MR) is 97.2 cm³/mol. The molecule has 1 aromatic carbocycles. The maximum atomic E-state index is 12.7. The number of carbonyl (C=O) groups excluding carboxylic acids is 3. The van der Waals surface area contributed by atoms with Crippen LogP contribution < -0.4 is 0 Å². The first-order chi connectivity index (χ1) is 12.2. The minimum Gasteiger partial charge on any atom is -0.460 e. The number of hydrogen-bond donors (Lipinski definition) is 0. The minimum atomic E-state index is -1.10. The molecule has 0 bridgehead atoms. The summed E-state index contributed by atoms with van der Waals surface area (Å²) in [6.45, 7) is 5.59. The molecule has 0 amide bonds. The van der Waals surface area contributed by atoms with Gasteiger partial charge in [0, 0.05) is 12.8 Å². The molecule has 1 saturated carbocycles. The normalized spacial score (nSPS) is 20.0. The van der Waals surface area contributed by atoms with Crippen LogP contribution in [0.4, 0.5) is 0 Å². The maximum absolute atomic E-state index is 12.7. The summed E-state index contributed by atoms with van der Waals surface area (Å²) in [5.74, 6) is -0.844. The third-order valence-corrected chi connectivity index (χ3v) is 4.55. The highest BCUT2D eigenvalue weighted by Crippen LogP contribution is 2.41. The lowest BCUT2D eigenvalue weighted by atomic mass is 9.80.